The van der Waals surface area contributed by atoms with Crippen LogP contribution in [-0.2, 0) is 24.3 Å². The van der Waals surface area contributed by atoms with Gasteiger partial charge in [-0.3, -0.25) is 19.2 Å². The molecule has 0 saturated heterocycles. The molecule has 0 atom stereocenters. The quantitative estimate of drug-likeness (QED) is 0.127. The fourth-order valence-corrected chi connectivity index (χ4v) is 4.36. The summed E-state index contributed by atoms with van der Waals surface area (Å²) in [4.78, 5) is 26.2. The summed E-state index contributed by atoms with van der Waals surface area (Å²) in [5.74, 6) is -0.348. The van der Waals surface area contributed by atoms with Crippen molar-refractivity contribution in [3.63, 3.8) is 0 Å². The molecule has 0 fully saturated rings. The Morgan fingerprint density at radius 1 is 1.03 bits per heavy atom. The predicted octanol–water partition coefficient (Wildman–Crippen LogP) is 3.51. The van der Waals surface area contributed by atoms with E-state index < -0.39 is 10.1 Å². The van der Waals surface area contributed by atoms with E-state index >= 15 is 0 Å². The number of hydrazone groups is 1. The normalized spacial score (nSPS) is 15.2. The van der Waals surface area contributed by atoms with Gasteiger partial charge in [0.1, 0.15) is 0 Å². The van der Waals surface area contributed by atoms with Crippen LogP contribution in [0.2, 0.25) is 0 Å². The number of anilines is 1. The van der Waals surface area contributed by atoms with E-state index in [9.17, 15) is 18.0 Å². The van der Waals surface area contributed by atoms with Gasteiger partial charge in [0.05, 0.1) is 45.2 Å². The van der Waals surface area contributed by atoms with Crippen LogP contribution in [0.3, 0.4) is 0 Å². The smallest absolute Gasteiger partial charge is 0.294 e. The average molecular weight is 545 g/mol. The largest absolute Gasteiger partial charge is 0.295 e. The molecule has 3 aromatic rings. The lowest BCUT2D eigenvalue weighted by Crippen LogP contribution is -2.21. The first kappa shape index (κ1) is 26.3. The first-order valence-electron chi connectivity index (χ1n) is 10.5. The molecule has 0 aliphatic carbocycles. The number of benzene rings is 2. The Balaban J connectivity index is 1.53. The molecule has 14 heteroatoms. The summed E-state index contributed by atoms with van der Waals surface area (Å²) in [5.41, 5.74) is 2.25. The van der Waals surface area contributed by atoms with Crippen LogP contribution in [0, 0.1) is 6.92 Å². The topological polar surface area (TPSA) is 164 Å². The molecule has 1 aliphatic heterocycles. The number of H-pyrrole nitrogens is 1. The van der Waals surface area contributed by atoms with Crippen LogP contribution >= 0.6 is 12.0 Å². The molecule has 0 radical (unpaired) electrons. The van der Waals surface area contributed by atoms with Gasteiger partial charge in [-0.25, -0.2) is 9.94 Å². The number of carbonyl (C=O) groups is 1. The van der Waals surface area contributed by atoms with Crippen molar-refractivity contribution < 1.29 is 32.4 Å². The van der Waals surface area contributed by atoms with Crippen LogP contribution < -0.4 is 10.6 Å². The van der Waals surface area contributed by atoms with Crippen LogP contribution in [0.5, 0.6) is 0 Å². The van der Waals surface area contributed by atoms with Crippen LogP contribution in [0.15, 0.2) is 85.9 Å². The summed E-state index contributed by atoms with van der Waals surface area (Å²) in [6.45, 7) is 3.39. The van der Waals surface area contributed by atoms with Crippen molar-refractivity contribution in [1.82, 2.24) is 9.78 Å². The van der Waals surface area contributed by atoms with E-state index in [-0.39, 0.29) is 16.4 Å². The first-order valence-corrected chi connectivity index (χ1v) is 12.7. The third-order valence-corrected chi connectivity index (χ3v) is 6.80. The number of amides is 1. The molecule has 4 rings (SSSR count). The molecule has 12 nitrogen and oxygen atoms in total. The Morgan fingerprint density at radius 3 is 2.30 bits per heavy atom. The number of aromatic amines is 1. The van der Waals surface area contributed by atoms with Crippen molar-refractivity contribution in [1.29, 1.82) is 0 Å². The molecule has 0 unspecified atom stereocenters. The lowest BCUT2D eigenvalue weighted by Gasteiger charge is -2.11. The summed E-state index contributed by atoms with van der Waals surface area (Å²) in [6.07, 6.45) is 4.70. The number of carbonyl (C=O) groups excluding carboxylic acids is 1. The van der Waals surface area contributed by atoms with Crippen LogP contribution in [0.4, 0.5) is 5.69 Å². The Hall–Kier alpha value is -3.79. The zero-order valence-corrected chi connectivity index (χ0v) is 21.0. The van der Waals surface area contributed by atoms with Gasteiger partial charge in [0.2, 0.25) is 0 Å². The summed E-state index contributed by atoms with van der Waals surface area (Å²) >= 11 is 0.791. The minimum absolute atomic E-state index is 0.285. The summed E-state index contributed by atoms with van der Waals surface area (Å²) in [7, 11) is -4.35. The second-order valence-electron chi connectivity index (χ2n) is 7.72. The van der Waals surface area contributed by atoms with Gasteiger partial charge in [-0.15, -0.1) is 4.33 Å². The Morgan fingerprint density at radius 2 is 1.68 bits per heavy atom. The van der Waals surface area contributed by atoms with Gasteiger partial charge in [-0.05, 0) is 74.5 Å². The maximum Gasteiger partial charge on any atom is 0.294 e. The molecule has 1 aromatic heterocycles. The Kier molecular flexibility index (Phi) is 7.58. The minimum atomic E-state index is -4.35. The number of rotatable bonds is 8. The zero-order valence-electron chi connectivity index (χ0n) is 19.4. The standard InChI is InChI=1S/C23H20N4O8S2/c1-14-20(22(28)26(24-14)16-6-10-18(11-7-16)36-35-34-30)4-3-5-21-15(2)25-27(23(21)29)17-8-12-19(13-9-17)37(31,32)33/h3-13,25,30H,1-2H3,(H,31,32,33)/b5-3+,20-4-. The molecule has 2 heterocycles. The third-order valence-electron chi connectivity index (χ3n) is 5.34. The van der Waals surface area contributed by atoms with Gasteiger partial charge < -0.3 is 0 Å². The van der Waals surface area contributed by atoms with Gasteiger partial charge in [0.15, 0.2) is 0 Å². The maximum atomic E-state index is 12.9. The minimum Gasteiger partial charge on any atom is -0.295 e. The fraction of sp³-hybridized carbons (Fsp3) is 0.0870. The van der Waals surface area contributed by atoms with E-state index in [2.05, 4.69) is 19.6 Å². The second kappa shape index (κ2) is 10.7. The van der Waals surface area contributed by atoms with Gasteiger partial charge in [-0.2, -0.15) is 18.5 Å². The third kappa shape index (κ3) is 5.64. The van der Waals surface area contributed by atoms with Crippen molar-refractivity contribution in [3.8, 4) is 5.69 Å². The first-order chi connectivity index (χ1) is 17.6. The van der Waals surface area contributed by atoms with E-state index in [1.165, 1.54) is 34.0 Å². The number of hydrogen-bond donors (Lipinski definition) is 3. The number of nitrogens with one attached hydrogen (secondary N) is 1. The number of aromatic nitrogens is 2. The summed E-state index contributed by atoms with van der Waals surface area (Å²) < 4.78 is 37.2. The Labute approximate surface area is 214 Å². The van der Waals surface area contributed by atoms with E-state index in [0.29, 0.717) is 38.8 Å². The molecule has 1 amide bonds. The average Bonchev–Trinajstić information content (AvgIpc) is 3.32. The second-order valence-corrected chi connectivity index (χ2v) is 9.92. The number of aryl methyl sites for hydroxylation is 1. The molecule has 2 aromatic carbocycles. The van der Waals surface area contributed by atoms with Gasteiger partial charge in [0, 0.05) is 10.6 Å². The fourth-order valence-electron chi connectivity index (χ4n) is 3.53. The van der Waals surface area contributed by atoms with Crippen LogP contribution in [-0.4, -0.2) is 39.6 Å². The highest BCUT2D eigenvalue weighted by molar-refractivity contribution is 7.94. The monoisotopic (exact) mass is 544 g/mol. The molecule has 1 aliphatic rings. The number of nitrogens with zero attached hydrogens (tertiary/aromatic N) is 3. The molecular formula is C23H20N4O8S2. The van der Waals surface area contributed by atoms with Gasteiger partial charge in [-0.1, -0.05) is 11.1 Å². The van der Waals surface area contributed by atoms with Crippen molar-refractivity contribution >= 4 is 45.5 Å². The van der Waals surface area contributed by atoms with Crippen molar-refractivity contribution in [2.24, 2.45) is 5.10 Å². The van der Waals surface area contributed by atoms with E-state index in [1.807, 2.05) is 0 Å². The molecule has 3 N–H and O–H groups in total. The van der Waals surface area contributed by atoms with Crippen molar-refractivity contribution in [2.75, 3.05) is 5.01 Å². The zero-order chi connectivity index (χ0) is 26.7. The summed E-state index contributed by atoms with van der Waals surface area (Å²) in [5, 5.41) is 20.3. The van der Waals surface area contributed by atoms with Crippen molar-refractivity contribution in [2.45, 2.75) is 23.6 Å². The molecule has 0 saturated carbocycles. The Bertz CT molecular complexity index is 1580. The van der Waals surface area contributed by atoms with E-state index in [1.54, 1.807) is 56.3 Å². The SMILES string of the molecule is CC1=NN(c2ccc(SOOO)cc2)C(=O)/C1=C\C=C\c1c(C)[nH]n(-c2ccc(S(=O)(=O)O)cc2)c1=O. The lowest BCUT2D eigenvalue weighted by atomic mass is 10.1. The molecular weight excluding hydrogens is 524 g/mol. The molecule has 0 bridgehead atoms. The van der Waals surface area contributed by atoms with Gasteiger partial charge >= 0.3 is 0 Å². The van der Waals surface area contributed by atoms with Gasteiger partial charge in [0.25, 0.3) is 21.6 Å². The number of hydrogen-bond acceptors (Lipinski definition) is 9. The lowest BCUT2D eigenvalue weighted by molar-refractivity contribution is -0.432. The summed E-state index contributed by atoms with van der Waals surface area (Å²) in [6, 6.07) is 11.8. The number of allylic oxidation sites excluding steroid dienone is 2. The van der Waals surface area contributed by atoms with E-state index in [4.69, 9.17) is 9.81 Å². The van der Waals surface area contributed by atoms with Crippen LogP contribution in [0.25, 0.3) is 11.8 Å². The highest BCUT2D eigenvalue weighted by Gasteiger charge is 2.28. The van der Waals surface area contributed by atoms with Crippen molar-refractivity contribution in [3.05, 3.63) is 87.9 Å². The van der Waals surface area contributed by atoms with E-state index in [0.717, 1.165) is 12.0 Å². The maximum absolute atomic E-state index is 12.9. The molecule has 192 valence electrons. The highest BCUT2D eigenvalue weighted by atomic mass is 32.2. The molecule has 0 spiro atoms. The highest BCUT2D eigenvalue weighted by Crippen LogP contribution is 2.27. The molecule has 37 heavy (non-hydrogen) atoms. The predicted molar refractivity (Wildman–Crippen MR) is 136 cm³/mol. The van der Waals surface area contributed by atoms with Crippen LogP contribution in [0.1, 0.15) is 18.2 Å².